The first kappa shape index (κ1) is 35.1. The molecule has 3 aliphatic heterocycles. The van der Waals surface area contributed by atoms with E-state index >= 15 is 0 Å². The summed E-state index contributed by atoms with van der Waals surface area (Å²) < 4.78 is 13.7. The van der Waals surface area contributed by atoms with E-state index < -0.39 is 0 Å². The van der Waals surface area contributed by atoms with Crippen LogP contribution in [0.5, 0.6) is 0 Å². The van der Waals surface area contributed by atoms with Crippen molar-refractivity contribution < 1.29 is 18.8 Å². The summed E-state index contributed by atoms with van der Waals surface area (Å²) in [4.78, 5) is 43.1. The van der Waals surface area contributed by atoms with Gasteiger partial charge in [0.25, 0.3) is 5.91 Å². The number of fused-ring (bicyclic) bond motifs is 2. The molecule has 4 atom stereocenters. The molecular weight excluding hydrogens is 665 g/mol. The number of nitrogens with one attached hydrogen (secondary N) is 6. The standard InChI is InChI=1S/C36H45ClFN7O3S/c1-22-42-31-21-49-32(35(31)43-22)6-2-3-7-33(46)39-11-4-5-12-40-36(48)30-17-24-16-28(8-9-29(24)44-30)45-13-10-27(19-34(45)47)41-20-23-14-25(37)18-26(38)15-23/h8-9,14-18,27,31-32,35,41-44H,1-7,10-13,19-21H2,(H,39,46)(H,40,48)/t27?,31-,32?,35-/m0/s1. The fraction of sp³-hybridized carbons (Fsp3) is 0.472. The van der Waals surface area contributed by atoms with Gasteiger partial charge in [0, 0.05) is 77.7 Å². The van der Waals surface area contributed by atoms with Crippen LogP contribution in [0.3, 0.4) is 0 Å². The van der Waals surface area contributed by atoms with Gasteiger partial charge in [0.05, 0.1) is 17.9 Å². The number of carbonyl (C=O) groups excluding carboxylic acids is 3. The molecule has 3 aliphatic rings. The molecule has 6 rings (SSSR count). The predicted octanol–water partition coefficient (Wildman–Crippen LogP) is 4.95. The molecule has 262 valence electrons. The van der Waals surface area contributed by atoms with E-state index in [0.717, 1.165) is 72.3 Å². The third kappa shape index (κ3) is 9.29. The lowest BCUT2D eigenvalue weighted by Gasteiger charge is -2.32. The normalized spacial score (nSPS) is 21.8. The van der Waals surface area contributed by atoms with Gasteiger partial charge >= 0.3 is 0 Å². The number of amides is 3. The monoisotopic (exact) mass is 709 g/mol. The van der Waals surface area contributed by atoms with Crippen LogP contribution < -0.4 is 31.5 Å². The van der Waals surface area contributed by atoms with Gasteiger partial charge in [-0.2, -0.15) is 11.8 Å². The van der Waals surface area contributed by atoms with E-state index in [-0.39, 0.29) is 29.6 Å². The Bertz CT molecular complexity index is 1660. The Hall–Kier alpha value is -3.74. The summed E-state index contributed by atoms with van der Waals surface area (Å²) in [7, 11) is 0. The highest BCUT2D eigenvalue weighted by Gasteiger charge is 2.40. The molecule has 3 fully saturated rings. The summed E-state index contributed by atoms with van der Waals surface area (Å²) in [6, 6.07) is 12.9. The largest absolute Gasteiger partial charge is 0.367 e. The molecular formula is C36H45ClFN7O3S. The third-order valence-electron chi connectivity index (χ3n) is 9.48. The van der Waals surface area contributed by atoms with Crippen molar-refractivity contribution in [2.45, 2.75) is 81.3 Å². The van der Waals surface area contributed by atoms with Gasteiger partial charge in [-0.1, -0.05) is 24.6 Å². The number of piperidine rings is 1. The smallest absolute Gasteiger partial charge is 0.267 e. The zero-order chi connectivity index (χ0) is 34.3. The summed E-state index contributed by atoms with van der Waals surface area (Å²) in [5, 5.41) is 17.9. The van der Waals surface area contributed by atoms with Gasteiger partial charge in [-0.05, 0) is 80.1 Å². The summed E-state index contributed by atoms with van der Waals surface area (Å²) in [5.74, 6) is 1.55. The molecule has 4 heterocycles. The lowest BCUT2D eigenvalue weighted by molar-refractivity contribution is -0.121. The first-order valence-electron chi connectivity index (χ1n) is 17.2. The van der Waals surface area contributed by atoms with Crippen LogP contribution in [-0.2, 0) is 16.1 Å². The topological polar surface area (TPSA) is 130 Å². The van der Waals surface area contributed by atoms with Crippen LogP contribution in [0.1, 0.15) is 67.4 Å². The van der Waals surface area contributed by atoms with E-state index in [1.54, 1.807) is 17.0 Å². The van der Waals surface area contributed by atoms with E-state index in [4.69, 9.17) is 11.6 Å². The Morgan fingerprint density at radius 1 is 1.04 bits per heavy atom. The molecule has 0 radical (unpaired) electrons. The molecule has 3 amide bonds. The molecule has 3 aromatic rings. The molecule has 2 unspecified atom stereocenters. The number of halogens is 2. The molecule has 1 aromatic heterocycles. The molecule has 49 heavy (non-hydrogen) atoms. The number of nitrogens with zero attached hydrogens (tertiary/aromatic N) is 1. The molecule has 0 aliphatic carbocycles. The fourth-order valence-electron chi connectivity index (χ4n) is 6.91. The maximum absolute atomic E-state index is 13.7. The molecule has 13 heteroatoms. The molecule has 0 bridgehead atoms. The van der Waals surface area contributed by atoms with Gasteiger partial charge in [-0.25, -0.2) is 4.39 Å². The van der Waals surface area contributed by atoms with E-state index in [0.29, 0.717) is 67.1 Å². The summed E-state index contributed by atoms with van der Waals surface area (Å²) >= 11 is 7.96. The average Bonchev–Trinajstić information content (AvgIpc) is 3.77. The van der Waals surface area contributed by atoms with Crippen LogP contribution >= 0.6 is 23.4 Å². The maximum atomic E-state index is 13.7. The van der Waals surface area contributed by atoms with Crippen molar-refractivity contribution in [1.29, 1.82) is 0 Å². The number of benzene rings is 2. The predicted molar refractivity (Wildman–Crippen MR) is 194 cm³/mol. The number of carbonyl (C=O) groups is 3. The van der Waals surface area contributed by atoms with Gasteiger partial charge < -0.3 is 36.5 Å². The van der Waals surface area contributed by atoms with Crippen LogP contribution in [-0.4, -0.2) is 71.5 Å². The average molecular weight is 710 g/mol. The first-order valence-corrected chi connectivity index (χ1v) is 18.6. The van der Waals surface area contributed by atoms with Crippen LogP contribution in [0.25, 0.3) is 10.9 Å². The number of anilines is 1. The van der Waals surface area contributed by atoms with Crippen molar-refractivity contribution in [3.63, 3.8) is 0 Å². The van der Waals surface area contributed by atoms with Gasteiger partial charge in [-0.3, -0.25) is 14.4 Å². The van der Waals surface area contributed by atoms with Crippen LogP contribution in [0.4, 0.5) is 10.1 Å². The van der Waals surface area contributed by atoms with Crippen LogP contribution in [0.2, 0.25) is 5.02 Å². The van der Waals surface area contributed by atoms with Gasteiger partial charge in [0.2, 0.25) is 11.8 Å². The van der Waals surface area contributed by atoms with Gasteiger partial charge in [0.1, 0.15) is 11.5 Å². The second-order valence-electron chi connectivity index (χ2n) is 13.2. The number of thioether (sulfide) groups is 1. The highest BCUT2D eigenvalue weighted by atomic mass is 35.5. The van der Waals surface area contributed by atoms with E-state index in [1.807, 2.05) is 30.0 Å². The molecule has 10 nitrogen and oxygen atoms in total. The highest BCUT2D eigenvalue weighted by molar-refractivity contribution is 8.00. The second-order valence-corrected chi connectivity index (χ2v) is 14.9. The Kier molecular flexibility index (Phi) is 11.7. The highest BCUT2D eigenvalue weighted by Crippen LogP contribution is 2.34. The van der Waals surface area contributed by atoms with Crippen LogP contribution in [0.15, 0.2) is 54.9 Å². The minimum absolute atomic E-state index is 0.00768. The van der Waals surface area contributed by atoms with Gasteiger partial charge in [-0.15, -0.1) is 0 Å². The molecule has 0 spiro atoms. The van der Waals surface area contributed by atoms with E-state index in [2.05, 4.69) is 38.1 Å². The number of aromatic nitrogens is 1. The minimum atomic E-state index is -0.380. The quantitative estimate of drug-likeness (QED) is 0.123. The Morgan fingerprint density at radius 3 is 2.69 bits per heavy atom. The Morgan fingerprint density at radius 2 is 1.88 bits per heavy atom. The lowest BCUT2D eigenvalue weighted by atomic mass is 10.0. The number of hydrogen-bond donors (Lipinski definition) is 6. The SMILES string of the molecule is C=C1N[C@H]2CSC(CCCCC(=O)NCCCCNC(=O)c3cc4cc(N5CCC(NCc6cc(F)cc(Cl)c6)CC5=O)ccc4[nH]3)[C@H]2N1. The Labute approximate surface area is 295 Å². The van der Waals surface area contributed by atoms with Crippen molar-refractivity contribution in [2.75, 3.05) is 30.3 Å². The van der Waals surface area contributed by atoms with Crippen molar-refractivity contribution in [1.82, 2.24) is 31.6 Å². The summed E-state index contributed by atoms with van der Waals surface area (Å²) in [5.41, 5.74) is 2.81. The second kappa shape index (κ2) is 16.3. The first-order chi connectivity index (χ1) is 23.7. The fourth-order valence-corrected chi connectivity index (χ4v) is 8.70. The van der Waals surface area contributed by atoms with Crippen molar-refractivity contribution in [3.8, 4) is 0 Å². The minimum Gasteiger partial charge on any atom is -0.367 e. The molecule has 3 saturated heterocycles. The third-order valence-corrected chi connectivity index (χ3v) is 11.2. The summed E-state index contributed by atoms with van der Waals surface area (Å²) in [6.45, 7) is 6.06. The maximum Gasteiger partial charge on any atom is 0.267 e. The zero-order valence-electron chi connectivity index (χ0n) is 27.6. The van der Waals surface area contributed by atoms with Crippen molar-refractivity contribution in [2.24, 2.45) is 0 Å². The number of unbranched alkanes of at least 4 members (excludes halogenated alkanes) is 2. The van der Waals surface area contributed by atoms with E-state index in [1.165, 1.54) is 12.1 Å². The number of H-pyrrole nitrogens is 1. The lowest BCUT2D eigenvalue weighted by Crippen LogP contribution is -2.46. The van der Waals surface area contributed by atoms with Crippen LogP contribution in [0, 0.1) is 5.82 Å². The number of hydrogen-bond acceptors (Lipinski definition) is 7. The van der Waals surface area contributed by atoms with Crippen molar-refractivity contribution in [3.05, 3.63) is 77.0 Å². The zero-order valence-corrected chi connectivity index (χ0v) is 29.2. The Balaban J connectivity index is 0.859. The number of aromatic amines is 1. The van der Waals surface area contributed by atoms with Crippen molar-refractivity contribution >= 4 is 57.7 Å². The molecule has 0 saturated carbocycles. The summed E-state index contributed by atoms with van der Waals surface area (Å²) in [6.07, 6.45) is 6.20. The van der Waals surface area contributed by atoms with Gasteiger partial charge in [0.15, 0.2) is 0 Å². The molecule has 6 N–H and O–H groups in total. The van der Waals surface area contributed by atoms with E-state index in [9.17, 15) is 18.8 Å². The number of rotatable bonds is 15. The molecule has 2 aromatic carbocycles.